The topological polar surface area (TPSA) is 95.9 Å². The molecule has 7 nitrogen and oxygen atoms in total. The van der Waals surface area contributed by atoms with Crippen molar-refractivity contribution in [2.45, 2.75) is 39.5 Å². The van der Waals surface area contributed by atoms with Gasteiger partial charge in [-0.15, -0.1) is 0 Å². The van der Waals surface area contributed by atoms with E-state index in [-0.39, 0.29) is 48.6 Å². The Balaban J connectivity index is 1.34. The minimum atomic E-state index is -0.842. The van der Waals surface area contributed by atoms with Crippen LogP contribution in [0.1, 0.15) is 50.7 Å². The van der Waals surface area contributed by atoms with Crippen LogP contribution in [0.5, 0.6) is 0 Å². The summed E-state index contributed by atoms with van der Waals surface area (Å²) in [6, 6.07) is 16.4. The summed E-state index contributed by atoms with van der Waals surface area (Å²) in [7, 11) is 0. The molecular weight excluding hydrogens is 444 g/mol. The summed E-state index contributed by atoms with van der Waals surface area (Å²) in [4.78, 5) is 38.3. The Kier molecular flexibility index (Phi) is 7.15. The number of nitrogens with zero attached hydrogens (tertiary/aromatic N) is 1. The Hall–Kier alpha value is -3.35. The van der Waals surface area contributed by atoms with Crippen molar-refractivity contribution in [1.82, 2.24) is 10.2 Å². The molecule has 0 bridgehead atoms. The van der Waals surface area contributed by atoms with Gasteiger partial charge in [0.1, 0.15) is 6.61 Å². The third-order valence-corrected chi connectivity index (χ3v) is 6.78. The van der Waals surface area contributed by atoms with Crippen LogP contribution >= 0.6 is 0 Å². The molecule has 1 aliphatic heterocycles. The molecule has 2 aliphatic rings. The van der Waals surface area contributed by atoms with Gasteiger partial charge in [-0.25, -0.2) is 4.79 Å². The van der Waals surface area contributed by atoms with Crippen molar-refractivity contribution in [2.75, 3.05) is 26.2 Å². The van der Waals surface area contributed by atoms with Crippen molar-refractivity contribution in [1.29, 1.82) is 0 Å². The Morgan fingerprint density at radius 3 is 2.14 bits per heavy atom. The van der Waals surface area contributed by atoms with Gasteiger partial charge in [-0.05, 0) is 34.1 Å². The average Bonchev–Trinajstić information content (AvgIpc) is 3.10. The van der Waals surface area contributed by atoms with E-state index in [1.807, 2.05) is 24.3 Å². The minimum Gasteiger partial charge on any atom is -0.481 e. The fraction of sp³-hybridized carbons (Fsp3) is 0.464. The van der Waals surface area contributed by atoms with E-state index >= 15 is 0 Å². The Bertz CT molecular complexity index is 1060. The number of carboxylic acids is 1. The lowest BCUT2D eigenvalue weighted by molar-refractivity contribution is -0.148. The van der Waals surface area contributed by atoms with Crippen LogP contribution in [0.3, 0.4) is 0 Å². The van der Waals surface area contributed by atoms with E-state index in [1.54, 1.807) is 4.90 Å². The van der Waals surface area contributed by atoms with Gasteiger partial charge < -0.3 is 20.1 Å². The number of amides is 2. The van der Waals surface area contributed by atoms with Crippen molar-refractivity contribution >= 4 is 18.0 Å². The zero-order valence-corrected chi connectivity index (χ0v) is 20.6. The SMILES string of the molecule is CC(C)(C)CC(CNC(=O)OCC1c2ccccc2-c2ccccc21)C(=O)N1CC(CC(=O)O)C1. The maximum Gasteiger partial charge on any atom is 0.407 e. The lowest BCUT2D eigenvalue weighted by Crippen LogP contribution is -2.54. The van der Waals surface area contributed by atoms with Crippen LogP contribution in [0.4, 0.5) is 4.79 Å². The van der Waals surface area contributed by atoms with E-state index in [9.17, 15) is 14.4 Å². The molecule has 7 heteroatoms. The van der Waals surface area contributed by atoms with Crippen molar-refractivity contribution in [2.24, 2.45) is 17.3 Å². The smallest absolute Gasteiger partial charge is 0.407 e. The standard InChI is InChI=1S/C28H34N2O5/c1-28(2,3)13-19(26(33)30-15-18(16-30)12-25(31)32)14-29-27(34)35-17-24-22-10-6-4-8-20(22)21-9-5-7-11-23(21)24/h4-11,18-19,24H,12-17H2,1-3H3,(H,29,34)(H,31,32). The van der Waals surface area contributed by atoms with Gasteiger partial charge in [0.2, 0.25) is 5.91 Å². The van der Waals surface area contributed by atoms with E-state index in [4.69, 9.17) is 9.84 Å². The summed E-state index contributed by atoms with van der Waals surface area (Å²) in [5, 5.41) is 11.8. The fourth-order valence-electron chi connectivity index (χ4n) is 5.23. The molecule has 0 spiro atoms. The number of rotatable bonds is 8. The first-order valence-electron chi connectivity index (χ1n) is 12.2. The summed E-state index contributed by atoms with van der Waals surface area (Å²) < 4.78 is 5.62. The molecule has 35 heavy (non-hydrogen) atoms. The second kappa shape index (κ2) is 10.1. The zero-order valence-electron chi connectivity index (χ0n) is 20.6. The zero-order chi connectivity index (χ0) is 25.2. The van der Waals surface area contributed by atoms with Crippen LogP contribution < -0.4 is 5.32 Å². The largest absolute Gasteiger partial charge is 0.481 e. The number of ether oxygens (including phenoxy) is 1. The lowest BCUT2D eigenvalue weighted by Gasteiger charge is -2.41. The van der Waals surface area contributed by atoms with Crippen LogP contribution in [0.25, 0.3) is 11.1 Å². The molecule has 4 rings (SSSR count). The molecule has 2 aromatic carbocycles. The number of alkyl carbamates (subject to hydrolysis) is 1. The molecule has 2 N–H and O–H groups in total. The number of carbonyl (C=O) groups is 3. The van der Waals surface area contributed by atoms with Gasteiger partial charge >= 0.3 is 12.1 Å². The molecular formula is C28H34N2O5. The number of carbonyl (C=O) groups excluding carboxylic acids is 2. The highest BCUT2D eigenvalue weighted by atomic mass is 16.5. The molecule has 1 fully saturated rings. The van der Waals surface area contributed by atoms with Gasteiger partial charge in [-0.2, -0.15) is 0 Å². The first-order valence-corrected chi connectivity index (χ1v) is 12.2. The highest BCUT2D eigenvalue weighted by Gasteiger charge is 2.37. The molecule has 1 unspecified atom stereocenters. The number of nitrogens with one attached hydrogen (secondary N) is 1. The maximum absolute atomic E-state index is 13.1. The normalized spacial score (nSPS) is 16.1. The molecule has 186 valence electrons. The predicted molar refractivity (Wildman–Crippen MR) is 133 cm³/mol. The van der Waals surface area contributed by atoms with Crippen molar-refractivity contribution in [3.8, 4) is 11.1 Å². The van der Waals surface area contributed by atoms with E-state index in [0.717, 1.165) is 11.1 Å². The molecule has 0 aromatic heterocycles. The third kappa shape index (κ3) is 5.84. The van der Waals surface area contributed by atoms with Gasteiger partial charge in [0, 0.05) is 31.5 Å². The highest BCUT2D eigenvalue weighted by Crippen LogP contribution is 2.44. The van der Waals surface area contributed by atoms with Gasteiger partial charge in [0.15, 0.2) is 0 Å². The lowest BCUT2D eigenvalue weighted by atomic mass is 9.83. The summed E-state index contributed by atoms with van der Waals surface area (Å²) >= 11 is 0. The summed E-state index contributed by atoms with van der Waals surface area (Å²) in [6.07, 6.45) is 0.146. The molecule has 1 atom stereocenters. The van der Waals surface area contributed by atoms with Crippen molar-refractivity contribution in [3.63, 3.8) is 0 Å². The summed E-state index contributed by atoms with van der Waals surface area (Å²) in [5.74, 6) is -1.29. The van der Waals surface area contributed by atoms with Gasteiger partial charge in [0.25, 0.3) is 0 Å². The quantitative estimate of drug-likeness (QED) is 0.582. The van der Waals surface area contributed by atoms with E-state index < -0.39 is 12.1 Å². The van der Waals surface area contributed by atoms with Gasteiger partial charge in [0.05, 0.1) is 12.3 Å². The van der Waals surface area contributed by atoms with E-state index in [2.05, 4.69) is 50.4 Å². The van der Waals surface area contributed by atoms with Crippen LogP contribution in [0.2, 0.25) is 0 Å². The monoisotopic (exact) mass is 478 g/mol. The Morgan fingerprint density at radius 1 is 1.03 bits per heavy atom. The van der Waals surface area contributed by atoms with Crippen molar-refractivity contribution in [3.05, 3.63) is 59.7 Å². The average molecular weight is 479 g/mol. The van der Waals surface area contributed by atoms with Gasteiger partial charge in [-0.1, -0.05) is 69.3 Å². The number of carboxylic acid groups (broad SMARTS) is 1. The first kappa shape index (κ1) is 24.8. The molecule has 1 heterocycles. The second-order valence-corrected chi connectivity index (χ2v) is 10.9. The number of likely N-dealkylation sites (tertiary alicyclic amines) is 1. The number of hydrogen-bond donors (Lipinski definition) is 2. The Labute approximate surface area is 206 Å². The molecule has 2 amide bonds. The van der Waals surface area contributed by atoms with Crippen molar-refractivity contribution < 1.29 is 24.2 Å². The third-order valence-electron chi connectivity index (χ3n) is 6.78. The molecule has 0 saturated carbocycles. The van der Waals surface area contributed by atoms with E-state index in [1.165, 1.54) is 11.1 Å². The van der Waals surface area contributed by atoms with Gasteiger partial charge in [-0.3, -0.25) is 9.59 Å². The molecule has 1 aliphatic carbocycles. The molecule has 1 saturated heterocycles. The van der Waals surface area contributed by atoms with Crippen LogP contribution in [0.15, 0.2) is 48.5 Å². The second-order valence-electron chi connectivity index (χ2n) is 10.9. The molecule has 2 aromatic rings. The maximum atomic E-state index is 13.1. The number of benzene rings is 2. The number of aliphatic carboxylic acids is 1. The predicted octanol–water partition coefficient (Wildman–Crippen LogP) is 4.51. The summed E-state index contributed by atoms with van der Waals surface area (Å²) in [5.41, 5.74) is 4.54. The Morgan fingerprint density at radius 2 is 1.60 bits per heavy atom. The number of fused-ring (bicyclic) bond motifs is 3. The highest BCUT2D eigenvalue weighted by molar-refractivity contribution is 5.81. The molecule has 0 radical (unpaired) electrons. The van der Waals surface area contributed by atoms with E-state index in [0.29, 0.717) is 19.5 Å². The first-order chi connectivity index (χ1) is 16.6. The summed E-state index contributed by atoms with van der Waals surface area (Å²) in [6.45, 7) is 7.50. The van der Waals surface area contributed by atoms with Crippen LogP contribution in [0, 0.1) is 17.3 Å². The fourth-order valence-corrected chi connectivity index (χ4v) is 5.23. The number of hydrogen-bond acceptors (Lipinski definition) is 4. The minimum absolute atomic E-state index is 0.00169. The van der Waals surface area contributed by atoms with Crippen LogP contribution in [-0.2, 0) is 14.3 Å². The van der Waals surface area contributed by atoms with Crippen LogP contribution in [-0.4, -0.2) is 54.2 Å².